The largest absolute Gasteiger partial charge is 0.497 e. The minimum absolute atomic E-state index is 0.161. The Labute approximate surface area is 154 Å². The van der Waals surface area contributed by atoms with E-state index in [4.69, 9.17) is 30.3 Å². The van der Waals surface area contributed by atoms with Gasteiger partial charge in [-0.2, -0.15) is 4.98 Å². The lowest BCUT2D eigenvalue weighted by atomic mass is 10.2. The van der Waals surface area contributed by atoms with Crippen LogP contribution in [0.5, 0.6) is 11.5 Å². The minimum Gasteiger partial charge on any atom is -0.497 e. The molecule has 0 radical (unpaired) electrons. The van der Waals surface area contributed by atoms with E-state index in [0.717, 1.165) is 0 Å². The number of benzene rings is 2. The number of rotatable bonds is 6. The number of nitrogens with zero attached hydrogens (tertiary/aromatic N) is 2. The van der Waals surface area contributed by atoms with Crippen LogP contribution in [0.1, 0.15) is 16.2 Å². The second kappa shape index (κ2) is 7.88. The normalized spacial score (nSPS) is 10.4. The van der Waals surface area contributed by atoms with E-state index < -0.39 is 5.97 Å². The monoisotopic (exact) mass is 374 g/mol. The van der Waals surface area contributed by atoms with Gasteiger partial charge in [0.15, 0.2) is 6.61 Å². The summed E-state index contributed by atoms with van der Waals surface area (Å²) in [6, 6.07) is 11.8. The Morgan fingerprint density at radius 1 is 1.12 bits per heavy atom. The lowest BCUT2D eigenvalue weighted by Gasteiger charge is -2.07. The quantitative estimate of drug-likeness (QED) is 0.607. The summed E-state index contributed by atoms with van der Waals surface area (Å²) >= 11 is 5.95. The maximum Gasteiger partial charge on any atom is 0.338 e. The van der Waals surface area contributed by atoms with E-state index in [9.17, 15) is 4.79 Å². The zero-order chi connectivity index (χ0) is 18.5. The first-order valence-corrected chi connectivity index (χ1v) is 7.95. The highest BCUT2D eigenvalue weighted by Crippen LogP contribution is 2.23. The third kappa shape index (κ3) is 4.12. The van der Waals surface area contributed by atoms with Gasteiger partial charge in [0.25, 0.3) is 5.89 Å². The van der Waals surface area contributed by atoms with Crippen molar-refractivity contribution in [3.05, 3.63) is 58.9 Å². The molecule has 3 rings (SSSR count). The number of hydrogen-bond acceptors (Lipinski definition) is 7. The highest BCUT2D eigenvalue weighted by atomic mass is 35.5. The highest BCUT2D eigenvalue weighted by Gasteiger charge is 2.14. The van der Waals surface area contributed by atoms with E-state index in [1.165, 1.54) is 14.2 Å². The first-order valence-electron chi connectivity index (χ1n) is 7.58. The topological polar surface area (TPSA) is 83.7 Å². The first kappa shape index (κ1) is 17.8. The molecule has 134 valence electrons. The molecule has 0 fully saturated rings. The summed E-state index contributed by atoms with van der Waals surface area (Å²) in [6.07, 6.45) is 0. The number of esters is 1. The predicted molar refractivity (Wildman–Crippen MR) is 93.4 cm³/mol. The summed E-state index contributed by atoms with van der Waals surface area (Å²) in [5, 5.41) is 4.42. The van der Waals surface area contributed by atoms with Crippen LogP contribution >= 0.6 is 11.6 Å². The summed E-state index contributed by atoms with van der Waals surface area (Å²) < 4.78 is 20.6. The molecule has 0 unspecified atom stereocenters. The molecule has 0 aliphatic carbocycles. The van der Waals surface area contributed by atoms with Crippen LogP contribution in [-0.2, 0) is 11.3 Å². The maximum atomic E-state index is 12.2. The van der Waals surface area contributed by atoms with Gasteiger partial charge in [-0.25, -0.2) is 4.79 Å². The van der Waals surface area contributed by atoms with Gasteiger partial charge < -0.3 is 18.7 Å². The smallest absolute Gasteiger partial charge is 0.338 e. The SMILES string of the molecule is COc1cc(OC)cc(C(=O)OCc2nc(-c3cccc(Cl)c3)no2)c1. The van der Waals surface area contributed by atoms with Crippen LogP contribution in [0.4, 0.5) is 0 Å². The van der Waals surface area contributed by atoms with Crippen molar-refractivity contribution in [2.75, 3.05) is 14.2 Å². The maximum absolute atomic E-state index is 12.2. The molecule has 8 heteroatoms. The minimum atomic E-state index is -0.565. The molecule has 1 heterocycles. The summed E-state index contributed by atoms with van der Waals surface area (Å²) in [5.74, 6) is 0.934. The molecule has 0 saturated carbocycles. The number of ether oxygens (including phenoxy) is 3. The molecule has 0 bridgehead atoms. The second-order valence-electron chi connectivity index (χ2n) is 5.20. The molecule has 26 heavy (non-hydrogen) atoms. The Kier molecular flexibility index (Phi) is 5.38. The van der Waals surface area contributed by atoms with Gasteiger partial charge in [-0.1, -0.05) is 28.9 Å². The average Bonchev–Trinajstić information content (AvgIpc) is 3.14. The fourth-order valence-electron chi connectivity index (χ4n) is 2.19. The standard InChI is InChI=1S/C18H15ClN2O5/c1-23-14-7-12(8-15(9-14)24-2)18(22)25-10-16-20-17(21-26-16)11-4-3-5-13(19)6-11/h3-9H,10H2,1-2H3. The van der Waals surface area contributed by atoms with Crippen molar-refractivity contribution >= 4 is 17.6 Å². The number of hydrogen-bond donors (Lipinski definition) is 0. The van der Waals surface area contributed by atoms with Crippen molar-refractivity contribution in [1.29, 1.82) is 0 Å². The summed E-state index contributed by atoms with van der Waals surface area (Å²) in [7, 11) is 3.00. The number of carbonyl (C=O) groups is 1. The number of halogens is 1. The predicted octanol–water partition coefficient (Wildman–Crippen LogP) is 3.76. The third-order valence-corrected chi connectivity index (χ3v) is 3.70. The van der Waals surface area contributed by atoms with E-state index >= 15 is 0 Å². The molecule has 1 aromatic heterocycles. The van der Waals surface area contributed by atoms with Crippen LogP contribution in [0.25, 0.3) is 11.4 Å². The average molecular weight is 375 g/mol. The lowest BCUT2D eigenvalue weighted by Crippen LogP contribution is -2.06. The van der Waals surface area contributed by atoms with Crippen LogP contribution in [0.15, 0.2) is 47.0 Å². The highest BCUT2D eigenvalue weighted by molar-refractivity contribution is 6.30. The Bertz CT molecular complexity index is 903. The Hall–Kier alpha value is -3.06. The molecule has 0 aliphatic rings. The van der Waals surface area contributed by atoms with Crippen molar-refractivity contribution in [3.8, 4) is 22.9 Å². The van der Waals surface area contributed by atoms with Gasteiger partial charge >= 0.3 is 5.97 Å². The van der Waals surface area contributed by atoms with Gasteiger partial charge in [-0.3, -0.25) is 0 Å². The number of methoxy groups -OCH3 is 2. The molecule has 0 N–H and O–H groups in total. The van der Waals surface area contributed by atoms with E-state index in [0.29, 0.717) is 27.9 Å². The molecule has 0 amide bonds. The molecule has 2 aromatic carbocycles. The van der Waals surface area contributed by atoms with Crippen molar-refractivity contribution in [2.45, 2.75) is 6.61 Å². The van der Waals surface area contributed by atoms with Crippen LogP contribution in [-0.4, -0.2) is 30.3 Å². The summed E-state index contributed by atoms with van der Waals surface area (Å²) in [6.45, 7) is -0.161. The Balaban J connectivity index is 1.69. The van der Waals surface area contributed by atoms with E-state index in [1.54, 1.807) is 42.5 Å². The van der Waals surface area contributed by atoms with Gasteiger partial charge in [-0.05, 0) is 24.3 Å². The molecule has 0 atom stereocenters. The zero-order valence-electron chi connectivity index (χ0n) is 14.1. The Morgan fingerprint density at radius 2 is 1.85 bits per heavy atom. The summed E-state index contributed by atoms with van der Waals surface area (Å²) in [5.41, 5.74) is 0.993. The lowest BCUT2D eigenvalue weighted by molar-refractivity contribution is 0.0429. The van der Waals surface area contributed by atoms with E-state index in [-0.39, 0.29) is 18.1 Å². The van der Waals surface area contributed by atoms with Gasteiger partial charge in [-0.15, -0.1) is 0 Å². The van der Waals surface area contributed by atoms with E-state index in [1.807, 2.05) is 0 Å². The first-order chi connectivity index (χ1) is 12.6. The van der Waals surface area contributed by atoms with Crippen LogP contribution < -0.4 is 9.47 Å². The van der Waals surface area contributed by atoms with Crippen LogP contribution in [0.2, 0.25) is 5.02 Å². The fraction of sp³-hybridized carbons (Fsp3) is 0.167. The number of carbonyl (C=O) groups excluding carboxylic acids is 1. The molecule has 0 spiro atoms. The second-order valence-corrected chi connectivity index (χ2v) is 5.64. The molecule has 7 nitrogen and oxygen atoms in total. The van der Waals surface area contributed by atoms with Crippen molar-refractivity contribution < 1.29 is 23.5 Å². The Morgan fingerprint density at radius 3 is 2.50 bits per heavy atom. The van der Waals surface area contributed by atoms with Crippen molar-refractivity contribution in [3.63, 3.8) is 0 Å². The molecule has 0 aliphatic heterocycles. The third-order valence-electron chi connectivity index (χ3n) is 3.46. The molecule has 0 saturated heterocycles. The molecular formula is C18H15ClN2O5. The van der Waals surface area contributed by atoms with Gasteiger partial charge in [0.2, 0.25) is 5.82 Å². The fourth-order valence-corrected chi connectivity index (χ4v) is 2.38. The molecular weight excluding hydrogens is 360 g/mol. The van der Waals surface area contributed by atoms with Gasteiger partial charge in [0.05, 0.1) is 19.8 Å². The summed E-state index contributed by atoms with van der Waals surface area (Å²) in [4.78, 5) is 16.4. The number of aromatic nitrogens is 2. The molecule has 3 aromatic rings. The van der Waals surface area contributed by atoms with Gasteiger partial charge in [0.1, 0.15) is 11.5 Å². The van der Waals surface area contributed by atoms with Crippen molar-refractivity contribution in [2.24, 2.45) is 0 Å². The van der Waals surface area contributed by atoms with Crippen molar-refractivity contribution in [1.82, 2.24) is 10.1 Å². The van der Waals surface area contributed by atoms with Crippen LogP contribution in [0.3, 0.4) is 0 Å². The van der Waals surface area contributed by atoms with E-state index in [2.05, 4.69) is 10.1 Å². The van der Waals surface area contributed by atoms with Crippen LogP contribution in [0, 0.1) is 0 Å². The zero-order valence-corrected chi connectivity index (χ0v) is 14.8. The van der Waals surface area contributed by atoms with Gasteiger partial charge in [0, 0.05) is 16.7 Å².